The van der Waals surface area contributed by atoms with Crippen LogP contribution in [-0.2, 0) is 9.59 Å². The smallest absolute Gasteiger partial charge is 0.282 e. The maximum atomic E-state index is 13.2. The van der Waals surface area contributed by atoms with Gasteiger partial charge in [-0.3, -0.25) is 9.59 Å². The van der Waals surface area contributed by atoms with Crippen molar-refractivity contribution in [3.63, 3.8) is 0 Å². The molecule has 0 unspecified atom stereocenters. The Hall–Kier alpha value is -2.60. The van der Waals surface area contributed by atoms with Gasteiger partial charge in [-0.05, 0) is 35.7 Å². The Morgan fingerprint density at radius 3 is 2.33 bits per heavy atom. The standard InChI is InChI=1S/C20H12Cl2N2O2S/c21-13-8-4-9-14(17(13)22)24-19(25)16(15-10-5-11-27-15)18(20(24)26)23-12-6-2-1-3-7-12/h1-11,23H. The highest BCUT2D eigenvalue weighted by atomic mass is 35.5. The first-order valence-corrected chi connectivity index (χ1v) is 9.64. The summed E-state index contributed by atoms with van der Waals surface area (Å²) < 4.78 is 0. The van der Waals surface area contributed by atoms with Crippen molar-refractivity contribution < 1.29 is 9.59 Å². The number of nitrogens with one attached hydrogen (secondary N) is 1. The maximum Gasteiger partial charge on any atom is 0.282 e. The van der Waals surface area contributed by atoms with Gasteiger partial charge in [0, 0.05) is 10.6 Å². The van der Waals surface area contributed by atoms with E-state index < -0.39 is 11.8 Å². The van der Waals surface area contributed by atoms with Crippen LogP contribution in [0, 0.1) is 0 Å². The minimum absolute atomic E-state index is 0.160. The molecule has 0 spiro atoms. The van der Waals surface area contributed by atoms with Crippen LogP contribution in [0.4, 0.5) is 11.4 Å². The van der Waals surface area contributed by atoms with E-state index in [4.69, 9.17) is 23.2 Å². The number of anilines is 2. The number of hydrogen-bond donors (Lipinski definition) is 1. The highest BCUT2D eigenvalue weighted by Crippen LogP contribution is 2.39. The second-order valence-electron chi connectivity index (χ2n) is 5.74. The number of para-hydroxylation sites is 1. The van der Waals surface area contributed by atoms with Crippen molar-refractivity contribution >= 4 is 63.3 Å². The molecule has 0 atom stereocenters. The van der Waals surface area contributed by atoms with Crippen molar-refractivity contribution in [3.8, 4) is 0 Å². The molecular weight excluding hydrogens is 403 g/mol. The van der Waals surface area contributed by atoms with Crippen LogP contribution >= 0.6 is 34.5 Å². The van der Waals surface area contributed by atoms with Crippen LogP contribution in [0.15, 0.2) is 71.7 Å². The Morgan fingerprint density at radius 2 is 1.63 bits per heavy atom. The first kappa shape index (κ1) is 17.8. The lowest BCUT2D eigenvalue weighted by molar-refractivity contribution is -0.120. The molecule has 0 saturated carbocycles. The van der Waals surface area contributed by atoms with Crippen LogP contribution in [0.1, 0.15) is 4.88 Å². The van der Waals surface area contributed by atoms with Crippen LogP contribution in [0.2, 0.25) is 10.0 Å². The number of carbonyl (C=O) groups excluding carboxylic acids is 2. The Morgan fingerprint density at radius 1 is 0.852 bits per heavy atom. The molecule has 2 amide bonds. The third kappa shape index (κ3) is 3.14. The molecule has 2 heterocycles. The fourth-order valence-corrected chi connectivity index (χ4v) is 3.99. The molecule has 0 saturated heterocycles. The number of nitrogens with zero attached hydrogens (tertiary/aromatic N) is 1. The fourth-order valence-electron chi connectivity index (χ4n) is 2.84. The lowest BCUT2D eigenvalue weighted by atomic mass is 10.2. The molecule has 1 N–H and O–H groups in total. The lowest BCUT2D eigenvalue weighted by Crippen LogP contribution is -2.32. The molecule has 1 aliphatic rings. The molecule has 0 aliphatic carbocycles. The van der Waals surface area contributed by atoms with Crippen LogP contribution in [-0.4, -0.2) is 11.8 Å². The number of amides is 2. The van der Waals surface area contributed by atoms with Gasteiger partial charge < -0.3 is 5.32 Å². The maximum absolute atomic E-state index is 13.2. The number of hydrogen-bond acceptors (Lipinski definition) is 4. The summed E-state index contributed by atoms with van der Waals surface area (Å²) in [5.41, 5.74) is 1.50. The summed E-state index contributed by atoms with van der Waals surface area (Å²) >= 11 is 13.7. The molecule has 0 radical (unpaired) electrons. The van der Waals surface area contributed by atoms with Crippen molar-refractivity contribution in [1.82, 2.24) is 0 Å². The van der Waals surface area contributed by atoms with Crippen molar-refractivity contribution in [3.05, 3.63) is 86.7 Å². The summed E-state index contributed by atoms with van der Waals surface area (Å²) in [5, 5.41) is 5.38. The van der Waals surface area contributed by atoms with Gasteiger partial charge in [-0.15, -0.1) is 11.3 Å². The predicted molar refractivity (Wildman–Crippen MR) is 110 cm³/mol. The molecule has 4 nitrogen and oxygen atoms in total. The van der Waals surface area contributed by atoms with Crippen molar-refractivity contribution in [2.75, 3.05) is 10.2 Å². The fraction of sp³-hybridized carbons (Fsp3) is 0. The van der Waals surface area contributed by atoms with Crippen molar-refractivity contribution in [1.29, 1.82) is 0 Å². The van der Waals surface area contributed by atoms with E-state index in [0.717, 1.165) is 4.90 Å². The minimum Gasteiger partial charge on any atom is -0.350 e. The average Bonchev–Trinajstić information content (AvgIpc) is 3.26. The molecular formula is C20H12Cl2N2O2S. The number of benzene rings is 2. The van der Waals surface area contributed by atoms with E-state index in [1.165, 1.54) is 11.3 Å². The van der Waals surface area contributed by atoms with Crippen LogP contribution < -0.4 is 10.2 Å². The average molecular weight is 415 g/mol. The molecule has 3 aromatic rings. The Balaban J connectivity index is 1.83. The number of halogens is 2. The van der Waals surface area contributed by atoms with Gasteiger partial charge in [-0.1, -0.05) is 53.5 Å². The van der Waals surface area contributed by atoms with Gasteiger partial charge >= 0.3 is 0 Å². The summed E-state index contributed by atoms with van der Waals surface area (Å²) in [6.07, 6.45) is 0. The molecule has 1 aromatic heterocycles. The van der Waals surface area contributed by atoms with Crippen LogP contribution in [0.25, 0.3) is 5.57 Å². The molecule has 0 bridgehead atoms. The summed E-state index contributed by atoms with van der Waals surface area (Å²) in [6, 6.07) is 17.7. The molecule has 27 heavy (non-hydrogen) atoms. The van der Waals surface area contributed by atoms with E-state index >= 15 is 0 Å². The van der Waals surface area contributed by atoms with Gasteiger partial charge in [0.25, 0.3) is 11.8 Å². The Bertz CT molecular complexity index is 1060. The second-order valence-corrected chi connectivity index (χ2v) is 7.47. The number of rotatable bonds is 4. The summed E-state index contributed by atoms with van der Waals surface area (Å²) in [7, 11) is 0. The second kappa shape index (κ2) is 7.19. The minimum atomic E-state index is -0.476. The highest BCUT2D eigenvalue weighted by molar-refractivity contribution is 7.11. The van der Waals surface area contributed by atoms with Crippen molar-refractivity contribution in [2.24, 2.45) is 0 Å². The number of imide groups is 1. The SMILES string of the molecule is O=C1C(Nc2ccccc2)=C(c2cccs2)C(=O)N1c1cccc(Cl)c1Cl. The normalized spacial score (nSPS) is 14.2. The van der Waals surface area contributed by atoms with E-state index in [-0.39, 0.29) is 21.4 Å². The molecule has 2 aromatic carbocycles. The van der Waals surface area contributed by atoms with E-state index in [0.29, 0.717) is 16.1 Å². The summed E-state index contributed by atoms with van der Waals surface area (Å²) in [5.74, 6) is -0.915. The molecule has 7 heteroatoms. The molecule has 1 aliphatic heterocycles. The topological polar surface area (TPSA) is 49.4 Å². The first-order chi connectivity index (χ1) is 13.1. The Kier molecular flexibility index (Phi) is 4.74. The van der Waals surface area contributed by atoms with Gasteiger partial charge in [0.15, 0.2) is 0 Å². The number of thiophene rings is 1. The quantitative estimate of drug-likeness (QED) is 0.577. The van der Waals surface area contributed by atoms with Crippen molar-refractivity contribution in [2.45, 2.75) is 0 Å². The number of carbonyl (C=O) groups is 2. The molecule has 0 fully saturated rings. The van der Waals surface area contributed by atoms with E-state index in [1.807, 2.05) is 41.8 Å². The van der Waals surface area contributed by atoms with Crippen LogP contribution in [0.5, 0.6) is 0 Å². The van der Waals surface area contributed by atoms with Gasteiger partial charge in [-0.2, -0.15) is 0 Å². The highest BCUT2D eigenvalue weighted by Gasteiger charge is 2.41. The van der Waals surface area contributed by atoms with E-state index in [1.54, 1.807) is 24.3 Å². The van der Waals surface area contributed by atoms with Gasteiger partial charge in [0.1, 0.15) is 5.70 Å². The predicted octanol–water partition coefficient (Wildman–Crippen LogP) is 5.45. The monoisotopic (exact) mass is 414 g/mol. The zero-order chi connectivity index (χ0) is 19.0. The van der Waals surface area contributed by atoms with E-state index in [9.17, 15) is 9.59 Å². The van der Waals surface area contributed by atoms with Gasteiger partial charge in [0.05, 0.1) is 21.3 Å². The van der Waals surface area contributed by atoms with Crippen LogP contribution in [0.3, 0.4) is 0 Å². The van der Waals surface area contributed by atoms with Gasteiger partial charge in [-0.25, -0.2) is 4.90 Å². The summed E-state index contributed by atoms with van der Waals surface area (Å²) in [6.45, 7) is 0. The third-order valence-corrected chi connectivity index (χ3v) is 5.76. The van der Waals surface area contributed by atoms with Gasteiger partial charge in [0.2, 0.25) is 0 Å². The third-order valence-electron chi connectivity index (χ3n) is 4.07. The zero-order valence-electron chi connectivity index (χ0n) is 13.8. The first-order valence-electron chi connectivity index (χ1n) is 8.01. The summed E-state index contributed by atoms with van der Waals surface area (Å²) in [4.78, 5) is 28.1. The lowest BCUT2D eigenvalue weighted by Gasteiger charge is -2.17. The zero-order valence-corrected chi connectivity index (χ0v) is 16.1. The molecule has 4 rings (SSSR count). The Labute approximate surface area is 169 Å². The molecule has 134 valence electrons. The largest absolute Gasteiger partial charge is 0.350 e. The van der Waals surface area contributed by atoms with E-state index in [2.05, 4.69) is 5.32 Å².